The highest BCUT2D eigenvalue weighted by molar-refractivity contribution is 5.93. The molecule has 0 saturated carbocycles. The average molecular weight is 258 g/mol. The summed E-state index contributed by atoms with van der Waals surface area (Å²) in [6.07, 6.45) is 0. The number of benzene rings is 2. The van der Waals surface area contributed by atoms with E-state index in [1.165, 1.54) is 12.1 Å². The minimum atomic E-state index is -0.274. The Labute approximate surface area is 111 Å². The van der Waals surface area contributed by atoms with Gasteiger partial charge in [0.05, 0.1) is 0 Å². The fourth-order valence-corrected chi connectivity index (χ4v) is 1.67. The van der Waals surface area contributed by atoms with Crippen LogP contribution in [0, 0.1) is 5.82 Å². The van der Waals surface area contributed by atoms with E-state index >= 15 is 0 Å². The first-order valence-electron chi connectivity index (χ1n) is 6.03. The molecular formula is C15H15FN2O. The summed E-state index contributed by atoms with van der Waals surface area (Å²) in [5, 5.41) is 0. The normalized spacial score (nSPS) is 11.9. The van der Waals surface area contributed by atoms with Crippen molar-refractivity contribution >= 4 is 5.91 Å². The van der Waals surface area contributed by atoms with Crippen molar-refractivity contribution in [2.45, 2.75) is 13.0 Å². The maximum absolute atomic E-state index is 12.8. The Morgan fingerprint density at radius 3 is 2.32 bits per heavy atom. The molecule has 0 fully saturated rings. The molecule has 2 aromatic carbocycles. The van der Waals surface area contributed by atoms with Gasteiger partial charge >= 0.3 is 0 Å². The van der Waals surface area contributed by atoms with Gasteiger partial charge < -0.3 is 0 Å². The highest BCUT2D eigenvalue weighted by Crippen LogP contribution is 2.11. The smallest absolute Gasteiger partial charge is 0.265 e. The van der Waals surface area contributed by atoms with Crippen LogP contribution in [-0.4, -0.2) is 5.91 Å². The molecular weight excluding hydrogens is 243 g/mol. The second kappa shape index (κ2) is 6.11. The van der Waals surface area contributed by atoms with Crippen molar-refractivity contribution in [2.24, 2.45) is 0 Å². The number of halogens is 1. The molecule has 1 amide bonds. The summed E-state index contributed by atoms with van der Waals surface area (Å²) in [5.74, 6) is -0.473. The van der Waals surface area contributed by atoms with Crippen LogP contribution < -0.4 is 10.9 Å². The standard InChI is InChI=1S/C15H15FN2O/c1-11(12-7-9-14(16)10-8-12)17-18-15(19)13-5-3-2-4-6-13/h2-11,17H,1H3,(H,18,19). The van der Waals surface area contributed by atoms with Crippen molar-refractivity contribution in [3.8, 4) is 0 Å². The first kappa shape index (κ1) is 13.2. The number of carbonyl (C=O) groups excluding carboxylic acids is 1. The molecule has 19 heavy (non-hydrogen) atoms. The van der Waals surface area contributed by atoms with Gasteiger partial charge in [-0.1, -0.05) is 30.3 Å². The number of carbonyl (C=O) groups is 1. The van der Waals surface area contributed by atoms with Gasteiger partial charge in [0.2, 0.25) is 0 Å². The van der Waals surface area contributed by atoms with Crippen LogP contribution in [0.25, 0.3) is 0 Å². The summed E-state index contributed by atoms with van der Waals surface area (Å²) in [6.45, 7) is 1.89. The second-order valence-electron chi connectivity index (χ2n) is 4.24. The van der Waals surface area contributed by atoms with Gasteiger partial charge in [0.1, 0.15) is 5.82 Å². The molecule has 3 nitrogen and oxygen atoms in total. The summed E-state index contributed by atoms with van der Waals surface area (Å²) in [5.41, 5.74) is 7.01. The van der Waals surface area contributed by atoms with Crippen molar-refractivity contribution in [2.75, 3.05) is 0 Å². The Kier molecular flexibility index (Phi) is 4.26. The Morgan fingerprint density at radius 1 is 1.05 bits per heavy atom. The summed E-state index contributed by atoms with van der Waals surface area (Å²) in [6, 6.07) is 15.0. The van der Waals surface area contributed by atoms with Crippen molar-refractivity contribution in [1.29, 1.82) is 0 Å². The number of hydrazine groups is 1. The van der Waals surface area contributed by atoms with E-state index in [0.29, 0.717) is 5.56 Å². The molecule has 0 aliphatic carbocycles. The van der Waals surface area contributed by atoms with Crippen molar-refractivity contribution < 1.29 is 9.18 Å². The summed E-state index contributed by atoms with van der Waals surface area (Å²) < 4.78 is 12.8. The molecule has 98 valence electrons. The molecule has 0 heterocycles. The number of rotatable bonds is 4. The third kappa shape index (κ3) is 3.63. The van der Waals surface area contributed by atoms with E-state index in [1.807, 2.05) is 13.0 Å². The molecule has 0 radical (unpaired) electrons. The van der Waals surface area contributed by atoms with Crippen LogP contribution in [0.3, 0.4) is 0 Å². The molecule has 4 heteroatoms. The first-order chi connectivity index (χ1) is 9.16. The van der Waals surface area contributed by atoms with Crippen molar-refractivity contribution in [1.82, 2.24) is 10.9 Å². The lowest BCUT2D eigenvalue weighted by atomic mass is 10.1. The van der Waals surface area contributed by atoms with Gasteiger partial charge in [-0.3, -0.25) is 10.2 Å². The number of amides is 1. The lowest BCUT2D eigenvalue weighted by Gasteiger charge is -2.15. The van der Waals surface area contributed by atoms with E-state index < -0.39 is 0 Å². The molecule has 0 spiro atoms. The summed E-state index contributed by atoms with van der Waals surface area (Å²) >= 11 is 0. The Hall–Kier alpha value is -2.20. The number of hydrogen-bond donors (Lipinski definition) is 2. The maximum atomic E-state index is 12.8. The third-order valence-corrected chi connectivity index (χ3v) is 2.81. The van der Waals surface area contributed by atoms with Crippen LogP contribution in [0.15, 0.2) is 54.6 Å². The lowest BCUT2D eigenvalue weighted by molar-refractivity contribution is 0.0926. The molecule has 1 atom stereocenters. The van der Waals surface area contributed by atoms with Gasteiger partial charge in [-0.2, -0.15) is 0 Å². The molecule has 0 bridgehead atoms. The van der Waals surface area contributed by atoms with Crippen LogP contribution >= 0.6 is 0 Å². The van der Waals surface area contributed by atoms with Gasteiger partial charge in [0.25, 0.3) is 5.91 Å². The monoisotopic (exact) mass is 258 g/mol. The fourth-order valence-electron chi connectivity index (χ4n) is 1.67. The predicted molar refractivity (Wildman–Crippen MR) is 71.9 cm³/mol. The van der Waals surface area contributed by atoms with E-state index in [2.05, 4.69) is 10.9 Å². The Morgan fingerprint density at radius 2 is 1.68 bits per heavy atom. The van der Waals surface area contributed by atoms with Crippen LogP contribution in [-0.2, 0) is 0 Å². The van der Waals surface area contributed by atoms with Gasteiger partial charge in [0, 0.05) is 11.6 Å². The zero-order chi connectivity index (χ0) is 13.7. The van der Waals surface area contributed by atoms with Crippen LogP contribution in [0.2, 0.25) is 0 Å². The van der Waals surface area contributed by atoms with Crippen molar-refractivity contribution in [3.63, 3.8) is 0 Å². The highest BCUT2D eigenvalue weighted by atomic mass is 19.1. The minimum absolute atomic E-state index is 0.103. The fraction of sp³-hybridized carbons (Fsp3) is 0.133. The SMILES string of the molecule is CC(NNC(=O)c1ccccc1)c1ccc(F)cc1. The average Bonchev–Trinajstić information content (AvgIpc) is 2.46. The zero-order valence-corrected chi connectivity index (χ0v) is 10.6. The lowest BCUT2D eigenvalue weighted by Crippen LogP contribution is -2.39. The number of nitrogens with one attached hydrogen (secondary N) is 2. The zero-order valence-electron chi connectivity index (χ0n) is 10.6. The maximum Gasteiger partial charge on any atom is 0.265 e. The van der Waals surface area contributed by atoms with Gasteiger partial charge in [-0.15, -0.1) is 0 Å². The molecule has 2 rings (SSSR count). The molecule has 0 aliphatic rings. The van der Waals surface area contributed by atoms with E-state index in [-0.39, 0.29) is 17.8 Å². The molecule has 2 N–H and O–H groups in total. The molecule has 0 aliphatic heterocycles. The first-order valence-corrected chi connectivity index (χ1v) is 6.03. The predicted octanol–water partition coefficient (Wildman–Crippen LogP) is 2.82. The Bertz CT molecular complexity index is 540. The van der Waals surface area contributed by atoms with Crippen LogP contribution in [0.1, 0.15) is 28.9 Å². The molecule has 2 aromatic rings. The molecule has 1 unspecified atom stereocenters. The van der Waals surface area contributed by atoms with Gasteiger partial charge in [-0.25, -0.2) is 9.82 Å². The number of hydrogen-bond acceptors (Lipinski definition) is 2. The summed E-state index contributed by atoms with van der Waals surface area (Å²) in [4.78, 5) is 11.8. The summed E-state index contributed by atoms with van der Waals surface area (Å²) in [7, 11) is 0. The van der Waals surface area contributed by atoms with E-state index in [4.69, 9.17) is 0 Å². The van der Waals surface area contributed by atoms with Crippen LogP contribution in [0.4, 0.5) is 4.39 Å². The Balaban J connectivity index is 1.92. The van der Waals surface area contributed by atoms with E-state index in [1.54, 1.807) is 36.4 Å². The highest BCUT2D eigenvalue weighted by Gasteiger charge is 2.08. The molecule has 0 aromatic heterocycles. The minimum Gasteiger partial charge on any atom is -0.287 e. The van der Waals surface area contributed by atoms with E-state index in [9.17, 15) is 9.18 Å². The second-order valence-corrected chi connectivity index (χ2v) is 4.24. The third-order valence-electron chi connectivity index (χ3n) is 2.81. The van der Waals surface area contributed by atoms with Crippen LogP contribution in [0.5, 0.6) is 0 Å². The molecule has 0 saturated heterocycles. The van der Waals surface area contributed by atoms with Crippen molar-refractivity contribution in [3.05, 3.63) is 71.5 Å². The quantitative estimate of drug-likeness (QED) is 0.828. The topological polar surface area (TPSA) is 41.1 Å². The van der Waals surface area contributed by atoms with Gasteiger partial charge in [0.15, 0.2) is 0 Å². The van der Waals surface area contributed by atoms with E-state index in [0.717, 1.165) is 5.56 Å². The largest absolute Gasteiger partial charge is 0.287 e. The van der Waals surface area contributed by atoms with Gasteiger partial charge in [-0.05, 0) is 36.8 Å².